The largest absolute Gasteiger partial charge is 0.497 e. The van der Waals surface area contributed by atoms with Gasteiger partial charge in [0.15, 0.2) is 14.6 Å². The molecule has 0 saturated carbocycles. The fraction of sp³-hybridized carbons (Fsp3) is 0.211. The fourth-order valence-corrected chi connectivity index (χ4v) is 5.08. The van der Waals surface area contributed by atoms with Crippen molar-refractivity contribution < 1.29 is 27.5 Å². The molecular weight excluding hydrogens is 452 g/mol. The number of ether oxygens (including phenoxy) is 2. The number of esters is 1. The van der Waals surface area contributed by atoms with Crippen LogP contribution in [0.25, 0.3) is 10.2 Å². The number of thiazole rings is 1. The number of aromatic nitrogens is 1. The minimum atomic E-state index is -3.90. The first-order valence-corrected chi connectivity index (χ1v) is 11.4. The third-order valence-corrected chi connectivity index (χ3v) is 7.01. The lowest BCUT2D eigenvalue weighted by molar-refractivity contribution is -0.141. The lowest BCUT2D eigenvalue weighted by atomic mass is 10.3. The van der Waals surface area contributed by atoms with E-state index in [1.165, 1.54) is 43.1 Å². The number of hydrogen-bond donors (Lipinski definition) is 0. The maximum Gasteiger partial charge on any atom is 0.325 e. The number of amides is 1. The van der Waals surface area contributed by atoms with Crippen LogP contribution in [0, 0.1) is 0 Å². The predicted octanol–water partition coefficient (Wildman–Crippen LogP) is 2.44. The van der Waals surface area contributed by atoms with Gasteiger partial charge in [-0.1, -0.05) is 22.9 Å². The lowest BCUT2D eigenvalue weighted by Crippen LogP contribution is -2.24. The van der Waals surface area contributed by atoms with Crippen LogP contribution in [0.5, 0.6) is 5.75 Å². The number of halogens is 1. The first-order chi connectivity index (χ1) is 14.2. The van der Waals surface area contributed by atoms with Gasteiger partial charge in [-0.3, -0.25) is 9.59 Å². The van der Waals surface area contributed by atoms with Crippen molar-refractivity contribution >= 4 is 54.9 Å². The smallest absolute Gasteiger partial charge is 0.325 e. The van der Waals surface area contributed by atoms with E-state index in [1.54, 1.807) is 18.2 Å². The second-order valence-corrected chi connectivity index (χ2v) is 9.53. The van der Waals surface area contributed by atoms with Crippen molar-refractivity contribution in [3.63, 3.8) is 0 Å². The van der Waals surface area contributed by atoms with Gasteiger partial charge in [-0.05, 0) is 42.5 Å². The molecule has 0 radical (unpaired) electrons. The van der Waals surface area contributed by atoms with Crippen molar-refractivity contribution in [2.75, 3.05) is 20.0 Å². The molecule has 1 aromatic heterocycles. The highest BCUT2D eigenvalue weighted by molar-refractivity contribution is 7.92. The Balaban J connectivity index is 1.97. The Hall–Kier alpha value is -2.69. The van der Waals surface area contributed by atoms with Gasteiger partial charge in [0.1, 0.15) is 18.0 Å². The first-order valence-electron chi connectivity index (χ1n) is 8.53. The molecule has 8 nitrogen and oxygen atoms in total. The number of hydrogen-bond acceptors (Lipinski definition) is 7. The topological polar surface area (TPSA) is 104 Å². The Morgan fingerprint density at radius 2 is 1.83 bits per heavy atom. The molecule has 0 unspecified atom stereocenters. The van der Waals surface area contributed by atoms with E-state index in [0.717, 1.165) is 11.3 Å². The zero-order chi connectivity index (χ0) is 21.9. The van der Waals surface area contributed by atoms with Gasteiger partial charge in [-0.2, -0.15) is 4.99 Å². The van der Waals surface area contributed by atoms with E-state index < -0.39 is 27.5 Å². The monoisotopic (exact) mass is 468 g/mol. The molecule has 0 aliphatic rings. The third-order valence-electron chi connectivity index (χ3n) is 4.11. The Bertz CT molecular complexity index is 1280. The molecule has 0 aliphatic heterocycles. The van der Waals surface area contributed by atoms with E-state index >= 15 is 0 Å². The molecule has 0 fully saturated rings. The molecule has 0 aliphatic carbocycles. The maximum absolute atomic E-state index is 12.5. The molecule has 0 N–H and O–H groups in total. The van der Waals surface area contributed by atoms with Crippen LogP contribution in [-0.4, -0.2) is 44.8 Å². The second-order valence-electron chi connectivity index (χ2n) is 6.10. The Labute approximate surface area is 181 Å². The summed E-state index contributed by atoms with van der Waals surface area (Å²) in [6.45, 7) is -0.185. The van der Waals surface area contributed by atoms with Crippen LogP contribution in [0.15, 0.2) is 52.4 Å². The Morgan fingerprint density at radius 1 is 1.13 bits per heavy atom. The summed E-state index contributed by atoms with van der Waals surface area (Å²) in [6, 6.07) is 10.7. The molecule has 3 rings (SSSR count). The van der Waals surface area contributed by atoms with Gasteiger partial charge >= 0.3 is 5.97 Å². The minimum Gasteiger partial charge on any atom is -0.497 e. The van der Waals surface area contributed by atoms with Crippen molar-refractivity contribution in [3.8, 4) is 5.75 Å². The van der Waals surface area contributed by atoms with Crippen LogP contribution in [0.1, 0.15) is 0 Å². The molecule has 3 aromatic rings. The maximum atomic E-state index is 12.5. The van der Waals surface area contributed by atoms with Gasteiger partial charge in [-0.15, -0.1) is 0 Å². The van der Waals surface area contributed by atoms with Gasteiger partial charge < -0.3 is 14.0 Å². The van der Waals surface area contributed by atoms with Gasteiger partial charge in [0.2, 0.25) is 0 Å². The van der Waals surface area contributed by atoms with Crippen molar-refractivity contribution in [2.24, 2.45) is 4.99 Å². The van der Waals surface area contributed by atoms with Gasteiger partial charge in [0.05, 0.1) is 29.3 Å². The zero-order valence-corrected chi connectivity index (χ0v) is 18.4. The standard InChI is InChI=1S/C19H17ClN2O6S2/c1-27-13-4-6-14(7-5-13)30(25,26)11-17(23)21-19-22(10-18(24)28-2)15-8-3-12(20)9-16(15)29-19/h3-9H,10-11H2,1-2H3. The molecule has 0 saturated heterocycles. The SMILES string of the molecule is COC(=O)Cn1c(=NC(=O)CS(=O)(=O)c2ccc(OC)cc2)sc2cc(Cl)ccc21. The summed E-state index contributed by atoms with van der Waals surface area (Å²) >= 11 is 7.13. The van der Waals surface area contributed by atoms with Crippen molar-refractivity contribution in [2.45, 2.75) is 11.4 Å². The van der Waals surface area contributed by atoms with E-state index in [9.17, 15) is 18.0 Å². The predicted molar refractivity (Wildman–Crippen MR) is 112 cm³/mol. The molecular formula is C19H17ClN2O6S2. The van der Waals surface area contributed by atoms with Crippen LogP contribution in [0.2, 0.25) is 5.02 Å². The summed E-state index contributed by atoms with van der Waals surface area (Å²) in [5, 5.41) is 0.480. The summed E-state index contributed by atoms with van der Waals surface area (Å²) in [4.78, 5) is 28.4. The summed E-state index contributed by atoms with van der Waals surface area (Å²) in [5.41, 5.74) is 0.624. The third kappa shape index (κ3) is 4.89. The fourth-order valence-electron chi connectivity index (χ4n) is 2.65. The number of methoxy groups -OCH3 is 2. The Kier molecular flexibility index (Phi) is 6.59. The summed E-state index contributed by atoms with van der Waals surface area (Å²) < 4.78 is 37.0. The second kappa shape index (κ2) is 8.99. The van der Waals surface area contributed by atoms with Gasteiger partial charge in [-0.25, -0.2) is 8.42 Å². The molecule has 0 atom stereocenters. The number of benzene rings is 2. The lowest BCUT2D eigenvalue weighted by Gasteiger charge is -2.05. The highest BCUT2D eigenvalue weighted by atomic mass is 35.5. The Morgan fingerprint density at radius 3 is 2.47 bits per heavy atom. The van der Waals surface area contributed by atoms with E-state index in [-0.39, 0.29) is 16.2 Å². The van der Waals surface area contributed by atoms with Crippen molar-refractivity contribution in [1.29, 1.82) is 0 Å². The minimum absolute atomic E-state index is 0.0163. The average Bonchev–Trinajstić information content (AvgIpc) is 3.03. The molecule has 1 heterocycles. The molecule has 11 heteroatoms. The highest BCUT2D eigenvalue weighted by Gasteiger charge is 2.20. The molecule has 30 heavy (non-hydrogen) atoms. The van der Waals surface area contributed by atoms with Crippen LogP contribution < -0.4 is 9.54 Å². The molecule has 0 bridgehead atoms. The van der Waals surface area contributed by atoms with E-state index in [2.05, 4.69) is 4.99 Å². The molecule has 0 spiro atoms. The van der Waals surface area contributed by atoms with Crippen molar-refractivity contribution in [1.82, 2.24) is 4.57 Å². The van der Waals surface area contributed by atoms with Crippen molar-refractivity contribution in [3.05, 3.63) is 52.3 Å². The van der Waals surface area contributed by atoms with E-state index in [0.29, 0.717) is 21.0 Å². The summed E-state index contributed by atoms with van der Waals surface area (Å²) in [7, 11) is -1.18. The summed E-state index contributed by atoms with van der Waals surface area (Å²) in [5.74, 6) is -1.71. The molecule has 1 amide bonds. The van der Waals surface area contributed by atoms with Crippen LogP contribution in [0.3, 0.4) is 0 Å². The average molecular weight is 469 g/mol. The first kappa shape index (κ1) is 22.0. The normalized spacial score (nSPS) is 12.2. The number of carbonyl (C=O) groups excluding carboxylic acids is 2. The number of fused-ring (bicyclic) bond motifs is 1. The summed E-state index contributed by atoms with van der Waals surface area (Å²) in [6.07, 6.45) is 0. The van der Waals surface area contributed by atoms with Crippen LogP contribution in [-0.2, 0) is 30.7 Å². The zero-order valence-electron chi connectivity index (χ0n) is 16.0. The van der Waals surface area contributed by atoms with Gasteiger partial charge in [0, 0.05) is 5.02 Å². The highest BCUT2D eigenvalue weighted by Crippen LogP contribution is 2.22. The van der Waals surface area contributed by atoms with Crippen LogP contribution >= 0.6 is 22.9 Å². The number of nitrogens with zero attached hydrogens (tertiary/aromatic N) is 2. The van der Waals surface area contributed by atoms with E-state index in [1.807, 2.05) is 0 Å². The van der Waals surface area contributed by atoms with E-state index in [4.69, 9.17) is 21.1 Å². The molecule has 158 valence electrons. The number of rotatable bonds is 6. The van der Waals surface area contributed by atoms with Crippen LogP contribution in [0.4, 0.5) is 0 Å². The molecule has 2 aromatic carbocycles. The number of carbonyl (C=O) groups is 2. The van der Waals surface area contributed by atoms with Gasteiger partial charge in [0.25, 0.3) is 5.91 Å². The quantitative estimate of drug-likeness (QED) is 0.514. The number of sulfone groups is 1.